The molecule has 0 aliphatic rings. The molecule has 0 unspecified atom stereocenters. The Morgan fingerprint density at radius 1 is 1.21 bits per heavy atom. The van der Waals surface area contributed by atoms with Crippen molar-refractivity contribution >= 4 is 29.2 Å². The molecule has 0 saturated heterocycles. The summed E-state index contributed by atoms with van der Waals surface area (Å²) in [4.78, 5) is 29.9. The average molecular weight is 278 g/mol. The molecule has 0 radical (unpaired) electrons. The molecule has 2 heterocycles. The lowest BCUT2D eigenvalue weighted by Crippen LogP contribution is -2.12. The number of amides is 1. The van der Waals surface area contributed by atoms with Crippen molar-refractivity contribution in [2.75, 3.05) is 5.32 Å². The molecule has 96 valence electrons. The molecule has 0 aromatic carbocycles. The molecule has 19 heavy (non-hydrogen) atoms. The minimum absolute atomic E-state index is 0.0926. The average Bonchev–Trinajstić information content (AvgIpc) is 2.39. The van der Waals surface area contributed by atoms with Gasteiger partial charge in [-0.05, 0) is 24.3 Å². The summed E-state index contributed by atoms with van der Waals surface area (Å²) in [6, 6.07) is 5.70. The van der Waals surface area contributed by atoms with Gasteiger partial charge in [0.1, 0.15) is 10.8 Å². The number of carboxylic acid groups (broad SMARTS) is 1. The van der Waals surface area contributed by atoms with Crippen LogP contribution >= 0.6 is 11.6 Å². The maximum atomic E-state index is 11.8. The van der Waals surface area contributed by atoms with Gasteiger partial charge in [0.05, 0.1) is 11.9 Å². The Bertz CT molecular complexity index is 628. The smallest absolute Gasteiger partial charge is 0.354 e. The van der Waals surface area contributed by atoms with E-state index in [4.69, 9.17) is 16.7 Å². The summed E-state index contributed by atoms with van der Waals surface area (Å²) in [7, 11) is 0. The number of carbonyl (C=O) groups excluding carboxylic acids is 1. The third-order valence-electron chi connectivity index (χ3n) is 2.23. The van der Waals surface area contributed by atoms with Gasteiger partial charge in [-0.25, -0.2) is 14.8 Å². The highest BCUT2D eigenvalue weighted by atomic mass is 35.5. The molecule has 6 nitrogen and oxygen atoms in total. The second-order valence-electron chi connectivity index (χ2n) is 3.56. The Labute approximate surface area is 113 Å². The van der Waals surface area contributed by atoms with Crippen molar-refractivity contribution < 1.29 is 14.7 Å². The predicted octanol–water partition coefficient (Wildman–Crippen LogP) is 2.08. The highest BCUT2D eigenvalue weighted by Gasteiger charge is 2.08. The first kappa shape index (κ1) is 13.0. The Kier molecular flexibility index (Phi) is 3.72. The number of hydrogen-bond donors (Lipinski definition) is 2. The number of aromatic nitrogens is 2. The molecule has 0 fully saturated rings. The van der Waals surface area contributed by atoms with Crippen LogP contribution in [0.1, 0.15) is 20.8 Å². The van der Waals surface area contributed by atoms with Gasteiger partial charge in [0.15, 0.2) is 0 Å². The Balaban J connectivity index is 2.13. The molecule has 0 saturated carbocycles. The number of nitrogens with one attached hydrogen (secondary N) is 1. The molecule has 2 N–H and O–H groups in total. The van der Waals surface area contributed by atoms with Gasteiger partial charge in [0, 0.05) is 11.8 Å². The van der Waals surface area contributed by atoms with Crippen molar-refractivity contribution in [1.82, 2.24) is 9.97 Å². The summed E-state index contributed by atoms with van der Waals surface area (Å²) >= 11 is 5.68. The Hall–Kier alpha value is -2.47. The third kappa shape index (κ3) is 3.26. The molecule has 0 aliphatic heterocycles. The molecule has 0 spiro atoms. The molecular formula is C12H8ClN3O3. The summed E-state index contributed by atoms with van der Waals surface area (Å²) in [6.45, 7) is 0. The number of carboxylic acids is 1. The van der Waals surface area contributed by atoms with Crippen LogP contribution in [-0.2, 0) is 0 Å². The van der Waals surface area contributed by atoms with Gasteiger partial charge in [-0.1, -0.05) is 11.6 Å². The van der Waals surface area contributed by atoms with E-state index in [1.165, 1.54) is 36.7 Å². The number of aromatic carboxylic acids is 1. The summed E-state index contributed by atoms with van der Waals surface area (Å²) in [5, 5.41) is 11.5. The molecule has 2 rings (SSSR count). The maximum Gasteiger partial charge on any atom is 0.354 e. The van der Waals surface area contributed by atoms with Crippen LogP contribution in [0, 0.1) is 0 Å². The Morgan fingerprint density at radius 2 is 2.00 bits per heavy atom. The fourth-order valence-electron chi connectivity index (χ4n) is 1.34. The topological polar surface area (TPSA) is 92.2 Å². The molecule has 2 aromatic heterocycles. The highest BCUT2D eigenvalue weighted by molar-refractivity contribution is 6.29. The maximum absolute atomic E-state index is 11.8. The zero-order chi connectivity index (χ0) is 13.8. The number of halogens is 1. The van der Waals surface area contributed by atoms with E-state index in [2.05, 4.69) is 15.3 Å². The number of nitrogens with zero attached hydrogens (tertiary/aromatic N) is 2. The van der Waals surface area contributed by atoms with Gasteiger partial charge in [-0.3, -0.25) is 4.79 Å². The lowest BCUT2D eigenvalue weighted by atomic mass is 10.2. The van der Waals surface area contributed by atoms with Gasteiger partial charge in [0.25, 0.3) is 5.91 Å². The molecule has 7 heteroatoms. The van der Waals surface area contributed by atoms with Crippen molar-refractivity contribution in [3.63, 3.8) is 0 Å². The largest absolute Gasteiger partial charge is 0.477 e. The molecule has 0 bridgehead atoms. The van der Waals surface area contributed by atoms with E-state index in [1.807, 2.05) is 0 Å². The SMILES string of the molecule is O=C(Nc1ccc(C(=O)O)nc1)c1ccnc(Cl)c1. The van der Waals surface area contributed by atoms with Crippen LogP contribution in [0.2, 0.25) is 5.15 Å². The summed E-state index contributed by atoms with van der Waals surface area (Å²) in [5.41, 5.74) is 0.648. The van der Waals surface area contributed by atoms with Crippen LogP contribution < -0.4 is 5.32 Å². The van der Waals surface area contributed by atoms with Crippen molar-refractivity contribution in [3.8, 4) is 0 Å². The van der Waals surface area contributed by atoms with E-state index in [1.54, 1.807) is 0 Å². The van der Waals surface area contributed by atoms with Crippen LogP contribution in [0.25, 0.3) is 0 Å². The number of carbonyl (C=O) groups is 2. The van der Waals surface area contributed by atoms with Gasteiger partial charge < -0.3 is 10.4 Å². The molecular weight excluding hydrogens is 270 g/mol. The van der Waals surface area contributed by atoms with Gasteiger partial charge >= 0.3 is 5.97 Å². The van der Waals surface area contributed by atoms with Crippen LogP contribution in [-0.4, -0.2) is 27.0 Å². The van der Waals surface area contributed by atoms with E-state index in [9.17, 15) is 9.59 Å². The van der Waals surface area contributed by atoms with E-state index in [-0.39, 0.29) is 16.8 Å². The minimum atomic E-state index is -1.13. The zero-order valence-electron chi connectivity index (χ0n) is 9.50. The highest BCUT2D eigenvalue weighted by Crippen LogP contribution is 2.11. The van der Waals surface area contributed by atoms with Gasteiger partial charge in [0.2, 0.25) is 0 Å². The number of pyridine rings is 2. The van der Waals surface area contributed by atoms with E-state index in [0.717, 1.165) is 0 Å². The fourth-order valence-corrected chi connectivity index (χ4v) is 1.52. The molecule has 0 aliphatic carbocycles. The van der Waals surface area contributed by atoms with Crippen LogP contribution in [0.15, 0.2) is 36.7 Å². The molecule has 1 amide bonds. The van der Waals surface area contributed by atoms with Crippen LogP contribution in [0.4, 0.5) is 5.69 Å². The molecule has 0 atom stereocenters. The summed E-state index contributed by atoms with van der Waals surface area (Å²) in [6.07, 6.45) is 2.69. The minimum Gasteiger partial charge on any atom is -0.477 e. The van der Waals surface area contributed by atoms with E-state index < -0.39 is 5.97 Å². The third-order valence-corrected chi connectivity index (χ3v) is 2.44. The normalized spacial score (nSPS) is 9.95. The first-order valence-corrected chi connectivity index (χ1v) is 5.56. The Morgan fingerprint density at radius 3 is 2.58 bits per heavy atom. The first-order valence-electron chi connectivity index (χ1n) is 5.18. The fraction of sp³-hybridized carbons (Fsp3) is 0. The van der Waals surface area contributed by atoms with Crippen molar-refractivity contribution in [1.29, 1.82) is 0 Å². The van der Waals surface area contributed by atoms with Gasteiger partial charge in [-0.2, -0.15) is 0 Å². The predicted molar refractivity (Wildman–Crippen MR) is 68.4 cm³/mol. The van der Waals surface area contributed by atoms with Gasteiger partial charge in [-0.15, -0.1) is 0 Å². The zero-order valence-corrected chi connectivity index (χ0v) is 10.3. The number of anilines is 1. The van der Waals surface area contributed by atoms with Crippen molar-refractivity contribution in [2.24, 2.45) is 0 Å². The lowest BCUT2D eigenvalue weighted by molar-refractivity contribution is 0.0690. The first-order chi connectivity index (χ1) is 9.06. The van der Waals surface area contributed by atoms with E-state index >= 15 is 0 Å². The lowest BCUT2D eigenvalue weighted by Gasteiger charge is -2.05. The summed E-state index contributed by atoms with van der Waals surface area (Å²) in [5.74, 6) is -1.51. The number of hydrogen-bond acceptors (Lipinski definition) is 4. The van der Waals surface area contributed by atoms with Crippen molar-refractivity contribution in [3.05, 3.63) is 53.1 Å². The van der Waals surface area contributed by atoms with Crippen LogP contribution in [0.5, 0.6) is 0 Å². The molecule has 2 aromatic rings. The van der Waals surface area contributed by atoms with Crippen LogP contribution in [0.3, 0.4) is 0 Å². The second kappa shape index (κ2) is 5.45. The number of rotatable bonds is 3. The summed E-state index contributed by atoms with van der Waals surface area (Å²) < 4.78 is 0. The second-order valence-corrected chi connectivity index (χ2v) is 3.95. The standard InChI is InChI=1S/C12H8ClN3O3/c13-10-5-7(3-4-14-10)11(17)16-8-1-2-9(12(18)19)15-6-8/h1-6H,(H,16,17)(H,18,19). The monoisotopic (exact) mass is 277 g/mol. The van der Waals surface area contributed by atoms with Crippen molar-refractivity contribution in [2.45, 2.75) is 0 Å². The van der Waals surface area contributed by atoms with E-state index in [0.29, 0.717) is 11.3 Å². The quantitative estimate of drug-likeness (QED) is 0.838.